The lowest BCUT2D eigenvalue weighted by Crippen LogP contribution is -2.63. The van der Waals surface area contributed by atoms with Crippen molar-refractivity contribution in [3.05, 3.63) is 12.2 Å². The molecule has 1 fully saturated rings. The Balaban J connectivity index is 2.39. The molecule has 0 aromatic carbocycles. The van der Waals surface area contributed by atoms with E-state index in [9.17, 15) is 33.6 Å². The molecule has 0 unspecified atom stereocenters. The number of unbranched alkanes of at least 4 members (excludes halogenated alkanes) is 1. The van der Waals surface area contributed by atoms with E-state index in [-0.39, 0.29) is 30.2 Å². The summed E-state index contributed by atoms with van der Waals surface area (Å²) >= 11 is 0. The first-order valence-corrected chi connectivity index (χ1v) is 19.1. The van der Waals surface area contributed by atoms with Gasteiger partial charge < -0.3 is 14.5 Å². The molecular weight excluding hydrogens is 666 g/mol. The standard InChI is InChI=1S/C39H65N5O8/c1-13-14-16-25(6)22-26(7)37(49)41(11)31(21-23(2)3)35(47)40-36(48)34(28(9)52-29(10)45)42(12)33(24(4)5)39(51)43-20-15-17-30(43)38(50)44-27(8)18-19-32(44)46/h18-19,23-28,30-31,33-34H,13-17,20-22H2,1-12H3,(H,40,47,48)/t25-,26-,27+,28-,30+,31+,33+,34+/m1/s1. The summed E-state index contributed by atoms with van der Waals surface area (Å²) < 4.78 is 5.48. The van der Waals surface area contributed by atoms with Crippen molar-refractivity contribution >= 4 is 41.4 Å². The first-order chi connectivity index (χ1) is 24.2. The highest BCUT2D eigenvalue weighted by Gasteiger charge is 2.46. The van der Waals surface area contributed by atoms with E-state index in [0.717, 1.165) is 24.2 Å². The average Bonchev–Trinajstić information content (AvgIpc) is 3.67. The van der Waals surface area contributed by atoms with Crippen molar-refractivity contribution in [3.8, 4) is 0 Å². The molecule has 2 heterocycles. The quantitative estimate of drug-likeness (QED) is 0.163. The molecule has 0 bridgehead atoms. The minimum Gasteiger partial charge on any atom is -0.461 e. The fourth-order valence-electron chi connectivity index (χ4n) is 7.72. The Bertz CT molecular complexity index is 1330. The molecule has 0 spiro atoms. The molecule has 52 heavy (non-hydrogen) atoms. The van der Waals surface area contributed by atoms with Gasteiger partial charge in [-0.2, -0.15) is 0 Å². The summed E-state index contributed by atoms with van der Waals surface area (Å²) in [6.07, 6.45) is 7.02. The Morgan fingerprint density at radius 1 is 0.962 bits per heavy atom. The van der Waals surface area contributed by atoms with Crippen molar-refractivity contribution in [3.63, 3.8) is 0 Å². The van der Waals surface area contributed by atoms with E-state index in [0.29, 0.717) is 31.6 Å². The van der Waals surface area contributed by atoms with Crippen LogP contribution in [0.3, 0.4) is 0 Å². The number of esters is 1. The number of amides is 6. The topological polar surface area (TPSA) is 154 Å². The molecular formula is C39H65N5O8. The number of hydrogen-bond acceptors (Lipinski definition) is 9. The van der Waals surface area contributed by atoms with Crippen LogP contribution in [0.15, 0.2) is 12.2 Å². The summed E-state index contributed by atoms with van der Waals surface area (Å²) in [6.45, 7) is 18.4. The van der Waals surface area contributed by atoms with Gasteiger partial charge in [0.1, 0.15) is 24.2 Å². The molecule has 0 aromatic rings. The summed E-state index contributed by atoms with van der Waals surface area (Å²) in [5, 5.41) is 2.51. The normalized spacial score (nSPS) is 20.9. The zero-order valence-corrected chi connectivity index (χ0v) is 33.6. The monoisotopic (exact) mass is 731 g/mol. The lowest BCUT2D eigenvalue weighted by Gasteiger charge is -2.40. The molecule has 2 aliphatic rings. The van der Waals surface area contributed by atoms with E-state index in [2.05, 4.69) is 19.2 Å². The molecule has 13 nitrogen and oxygen atoms in total. The van der Waals surface area contributed by atoms with Gasteiger partial charge in [0.2, 0.25) is 23.6 Å². The predicted molar refractivity (Wildman–Crippen MR) is 198 cm³/mol. The Morgan fingerprint density at radius 2 is 1.60 bits per heavy atom. The molecule has 1 N–H and O–H groups in total. The van der Waals surface area contributed by atoms with Crippen molar-refractivity contribution in [2.24, 2.45) is 23.7 Å². The van der Waals surface area contributed by atoms with Crippen molar-refractivity contribution in [1.29, 1.82) is 0 Å². The van der Waals surface area contributed by atoms with Gasteiger partial charge in [0.25, 0.3) is 11.8 Å². The highest BCUT2D eigenvalue weighted by molar-refractivity contribution is 6.06. The molecule has 0 saturated carbocycles. The van der Waals surface area contributed by atoms with Gasteiger partial charge in [-0.15, -0.1) is 0 Å². The van der Waals surface area contributed by atoms with Gasteiger partial charge in [0, 0.05) is 32.5 Å². The smallest absolute Gasteiger partial charge is 0.302 e. The fourth-order valence-corrected chi connectivity index (χ4v) is 7.72. The van der Waals surface area contributed by atoms with E-state index in [1.54, 1.807) is 27.1 Å². The zero-order valence-electron chi connectivity index (χ0n) is 33.6. The van der Waals surface area contributed by atoms with Crippen molar-refractivity contribution in [1.82, 2.24) is 24.9 Å². The predicted octanol–water partition coefficient (Wildman–Crippen LogP) is 3.94. The Hall–Kier alpha value is -3.61. The van der Waals surface area contributed by atoms with Gasteiger partial charge in [-0.1, -0.05) is 73.8 Å². The Labute approximate surface area is 311 Å². The Kier molecular flexibility index (Phi) is 17.1. The lowest BCUT2D eigenvalue weighted by molar-refractivity contribution is -0.158. The third-order valence-electron chi connectivity index (χ3n) is 10.3. The first kappa shape index (κ1) is 44.6. The van der Waals surface area contributed by atoms with E-state index < -0.39 is 71.8 Å². The number of nitrogens with zero attached hydrogens (tertiary/aromatic N) is 4. The van der Waals surface area contributed by atoms with Crippen LogP contribution in [0.2, 0.25) is 0 Å². The largest absolute Gasteiger partial charge is 0.461 e. The van der Waals surface area contributed by atoms with Crippen LogP contribution in [0.5, 0.6) is 0 Å². The summed E-state index contributed by atoms with van der Waals surface area (Å²) in [7, 11) is 3.15. The third kappa shape index (κ3) is 11.4. The zero-order chi connectivity index (χ0) is 39.6. The minimum absolute atomic E-state index is 0.0204. The highest BCUT2D eigenvalue weighted by Crippen LogP contribution is 2.28. The van der Waals surface area contributed by atoms with Crippen molar-refractivity contribution < 1.29 is 38.3 Å². The van der Waals surface area contributed by atoms with Crippen LogP contribution in [-0.4, -0.2) is 118 Å². The van der Waals surface area contributed by atoms with Crippen LogP contribution in [0.4, 0.5) is 0 Å². The number of likely N-dealkylation sites (tertiary alicyclic amines) is 1. The molecule has 2 aliphatic heterocycles. The van der Waals surface area contributed by atoms with Crippen LogP contribution in [0.25, 0.3) is 0 Å². The van der Waals surface area contributed by atoms with Gasteiger partial charge >= 0.3 is 5.97 Å². The minimum atomic E-state index is -1.29. The lowest BCUT2D eigenvalue weighted by atomic mass is 9.91. The number of likely N-dealkylation sites (N-methyl/N-ethyl adjacent to an activating group) is 2. The number of nitrogens with one attached hydrogen (secondary N) is 1. The maximum atomic E-state index is 14.4. The summed E-state index contributed by atoms with van der Waals surface area (Å²) in [6, 6.07) is -4.47. The maximum Gasteiger partial charge on any atom is 0.302 e. The highest BCUT2D eigenvalue weighted by atomic mass is 16.5. The number of hydrogen-bond donors (Lipinski definition) is 1. The molecule has 0 aromatic heterocycles. The molecule has 8 atom stereocenters. The summed E-state index contributed by atoms with van der Waals surface area (Å²) in [4.78, 5) is 99.9. The van der Waals surface area contributed by atoms with E-state index in [4.69, 9.17) is 4.74 Å². The number of imide groups is 2. The number of rotatable bonds is 18. The fraction of sp³-hybridized carbons (Fsp3) is 0.769. The van der Waals surface area contributed by atoms with E-state index >= 15 is 0 Å². The molecule has 1 saturated heterocycles. The van der Waals surface area contributed by atoms with Gasteiger partial charge in [-0.05, 0) is 64.3 Å². The van der Waals surface area contributed by atoms with Gasteiger partial charge in [0.05, 0.1) is 12.1 Å². The van der Waals surface area contributed by atoms with Crippen LogP contribution in [0, 0.1) is 23.7 Å². The second-order valence-electron chi connectivity index (χ2n) is 15.8. The average molecular weight is 732 g/mol. The second kappa shape index (κ2) is 20.0. The molecule has 6 amide bonds. The van der Waals surface area contributed by atoms with Crippen molar-refractivity contribution in [2.45, 2.75) is 150 Å². The SMILES string of the molecule is CCCC[C@@H](C)C[C@@H](C)C(=O)N(C)[C@@H](CC(C)C)C(=O)NC(=O)[C@H]([C@@H](C)OC(C)=O)N(C)[C@H](C(=O)N1CCC[C@H]1C(=O)N1C(=O)C=C[C@@H]1C)C(C)C. The first-order valence-electron chi connectivity index (χ1n) is 19.1. The van der Waals surface area contributed by atoms with Gasteiger partial charge in [-0.25, -0.2) is 0 Å². The van der Waals surface area contributed by atoms with Crippen LogP contribution >= 0.6 is 0 Å². The van der Waals surface area contributed by atoms with Crippen molar-refractivity contribution in [2.75, 3.05) is 20.6 Å². The van der Waals surface area contributed by atoms with Gasteiger partial charge in [-0.3, -0.25) is 48.7 Å². The van der Waals surface area contributed by atoms with E-state index in [1.807, 2.05) is 34.6 Å². The number of ether oxygens (including phenoxy) is 1. The number of carbonyl (C=O) groups excluding carboxylic acids is 7. The Morgan fingerprint density at radius 3 is 2.12 bits per heavy atom. The number of carbonyl (C=O) groups is 7. The summed E-state index contributed by atoms with van der Waals surface area (Å²) in [5.41, 5.74) is 0. The molecule has 0 radical (unpaired) electrons. The van der Waals surface area contributed by atoms with Crippen LogP contribution in [0.1, 0.15) is 114 Å². The van der Waals surface area contributed by atoms with Crippen LogP contribution in [-0.2, 0) is 38.3 Å². The molecule has 2 rings (SSSR count). The molecule has 294 valence electrons. The van der Waals surface area contributed by atoms with Gasteiger partial charge in [0.15, 0.2) is 0 Å². The molecule has 13 heteroatoms. The van der Waals surface area contributed by atoms with E-state index in [1.165, 1.54) is 34.6 Å². The third-order valence-corrected chi connectivity index (χ3v) is 10.3. The second-order valence-corrected chi connectivity index (χ2v) is 15.8. The van der Waals surface area contributed by atoms with Crippen LogP contribution < -0.4 is 5.32 Å². The maximum absolute atomic E-state index is 14.4. The summed E-state index contributed by atoms with van der Waals surface area (Å²) in [5.74, 6) is -3.90. The molecule has 0 aliphatic carbocycles.